The molecule has 0 spiro atoms. The number of hydrogen-bond donors (Lipinski definition) is 1. The molecule has 1 heterocycles. The van der Waals surface area contributed by atoms with Crippen LogP contribution in [0.3, 0.4) is 0 Å². The Labute approximate surface area is 113 Å². The van der Waals surface area contributed by atoms with Gasteiger partial charge in [0.15, 0.2) is 0 Å². The molecular weight excluding hydrogens is 240 g/mol. The molecule has 0 aliphatic rings. The summed E-state index contributed by atoms with van der Waals surface area (Å²) in [6.45, 7) is 3.72. The fourth-order valence-corrected chi connectivity index (χ4v) is 2.31. The number of pyridine rings is 1. The molecule has 1 aromatic carbocycles. The number of nitrogens with zero attached hydrogens (tertiary/aromatic N) is 2. The standard InChI is InChI=1S/C15H20N2O2/c1-9-8-12(17(3)4)14-11(10(2)18)6-7-13(19-5)15(14)16-9/h6-8,10,18H,1-5H3. The molecule has 0 radical (unpaired) electrons. The smallest absolute Gasteiger partial charge is 0.145 e. The number of aliphatic hydroxyl groups is 1. The van der Waals surface area contributed by atoms with Crippen molar-refractivity contribution < 1.29 is 9.84 Å². The molecule has 4 nitrogen and oxygen atoms in total. The van der Waals surface area contributed by atoms with Crippen LogP contribution in [0.2, 0.25) is 0 Å². The molecule has 4 heteroatoms. The van der Waals surface area contributed by atoms with E-state index in [2.05, 4.69) is 4.98 Å². The summed E-state index contributed by atoms with van der Waals surface area (Å²) in [6, 6.07) is 5.78. The van der Waals surface area contributed by atoms with Crippen LogP contribution in [0.5, 0.6) is 5.75 Å². The Morgan fingerprint density at radius 2 is 2.00 bits per heavy atom. The van der Waals surface area contributed by atoms with E-state index in [1.54, 1.807) is 14.0 Å². The number of benzene rings is 1. The van der Waals surface area contributed by atoms with Gasteiger partial charge in [0.05, 0.1) is 13.2 Å². The minimum Gasteiger partial charge on any atom is -0.494 e. The first-order valence-corrected chi connectivity index (χ1v) is 6.29. The molecule has 102 valence electrons. The van der Waals surface area contributed by atoms with Crippen molar-refractivity contribution in [3.63, 3.8) is 0 Å². The Morgan fingerprint density at radius 3 is 2.53 bits per heavy atom. The summed E-state index contributed by atoms with van der Waals surface area (Å²) >= 11 is 0. The van der Waals surface area contributed by atoms with Crippen molar-refractivity contribution in [3.8, 4) is 5.75 Å². The van der Waals surface area contributed by atoms with Crippen LogP contribution in [0.4, 0.5) is 5.69 Å². The minimum atomic E-state index is -0.545. The van der Waals surface area contributed by atoms with Crippen LogP contribution in [-0.2, 0) is 0 Å². The second-order valence-corrected chi connectivity index (χ2v) is 4.93. The highest BCUT2D eigenvalue weighted by atomic mass is 16.5. The highest BCUT2D eigenvalue weighted by Gasteiger charge is 2.16. The summed E-state index contributed by atoms with van der Waals surface area (Å²) in [5.74, 6) is 0.728. The number of hydrogen-bond acceptors (Lipinski definition) is 4. The Bertz CT molecular complexity index is 607. The highest BCUT2D eigenvalue weighted by Crippen LogP contribution is 2.36. The van der Waals surface area contributed by atoms with Gasteiger partial charge < -0.3 is 14.7 Å². The first-order valence-electron chi connectivity index (χ1n) is 6.29. The quantitative estimate of drug-likeness (QED) is 0.921. The molecule has 2 rings (SSSR count). The molecule has 1 unspecified atom stereocenters. The molecule has 19 heavy (non-hydrogen) atoms. The number of methoxy groups -OCH3 is 1. The maximum atomic E-state index is 9.97. The SMILES string of the molecule is COc1ccc(C(C)O)c2c(N(C)C)cc(C)nc12. The van der Waals surface area contributed by atoms with Crippen LogP contribution in [0.1, 0.15) is 24.3 Å². The molecule has 0 aliphatic carbocycles. The largest absolute Gasteiger partial charge is 0.494 e. The van der Waals surface area contributed by atoms with Gasteiger partial charge in [-0.05, 0) is 31.5 Å². The second-order valence-electron chi connectivity index (χ2n) is 4.93. The highest BCUT2D eigenvalue weighted by molar-refractivity contribution is 5.98. The van der Waals surface area contributed by atoms with E-state index in [-0.39, 0.29) is 0 Å². The normalized spacial score (nSPS) is 12.5. The number of rotatable bonds is 3. The van der Waals surface area contributed by atoms with E-state index in [4.69, 9.17) is 4.74 Å². The summed E-state index contributed by atoms with van der Waals surface area (Å²) in [4.78, 5) is 6.60. The number of aromatic nitrogens is 1. The van der Waals surface area contributed by atoms with Crippen molar-refractivity contribution in [1.82, 2.24) is 4.98 Å². The summed E-state index contributed by atoms with van der Waals surface area (Å²) in [5.41, 5.74) is 3.63. The van der Waals surface area contributed by atoms with Crippen molar-refractivity contribution in [2.45, 2.75) is 20.0 Å². The zero-order valence-corrected chi connectivity index (χ0v) is 12.1. The van der Waals surface area contributed by atoms with Gasteiger partial charge in [0, 0.05) is 30.9 Å². The predicted octanol–water partition coefficient (Wildman–Crippen LogP) is 2.67. The average Bonchev–Trinajstić information content (AvgIpc) is 2.35. The molecule has 1 atom stereocenters. The fourth-order valence-electron chi connectivity index (χ4n) is 2.31. The van der Waals surface area contributed by atoms with Crippen molar-refractivity contribution in [2.24, 2.45) is 0 Å². The molecule has 0 bridgehead atoms. The van der Waals surface area contributed by atoms with Gasteiger partial charge in [-0.1, -0.05) is 6.07 Å². The topological polar surface area (TPSA) is 45.6 Å². The number of anilines is 1. The molecule has 1 N–H and O–H groups in total. The lowest BCUT2D eigenvalue weighted by atomic mass is 10.0. The van der Waals surface area contributed by atoms with E-state index in [1.165, 1.54) is 0 Å². The molecule has 2 aromatic rings. The molecule has 1 aromatic heterocycles. The third-order valence-electron chi connectivity index (χ3n) is 3.21. The van der Waals surface area contributed by atoms with Gasteiger partial charge in [-0.2, -0.15) is 0 Å². The third-order valence-corrected chi connectivity index (χ3v) is 3.21. The lowest BCUT2D eigenvalue weighted by molar-refractivity contribution is 0.201. The summed E-state index contributed by atoms with van der Waals surface area (Å²) in [7, 11) is 5.61. The van der Waals surface area contributed by atoms with Gasteiger partial charge in [0.25, 0.3) is 0 Å². The van der Waals surface area contributed by atoms with Crippen LogP contribution >= 0.6 is 0 Å². The van der Waals surface area contributed by atoms with Crippen LogP contribution in [0, 0.1) is 6.92 Å². The van der Waals surface area contributed by atoms with Crippen molar-refractivity contribution >= 4 is 16.6 Å². The van der Waals surface area contributed by atoms with Crippen molar-refractivity contribution in [1.29, 1.82) is 0 Å². The van der Waals surface area contributed by atoms with Gasteiger partial charge in [-0.3, -0.25) is 0 Å². The van der Waals surface area contributed by atoms with Gasteiger partial charge in [-0.15, -0.1) is 0 Å². The van der Waals surface area contributed by atoms with E-state index in [9.17, 15) is 5.11 Å². The Kier molecular flexibility index (Phi) is 3.62. The van der Waals surface area contributed by atoms with Crippen LogP contribution < -0.4 is 9.64 Å². The summed E-state index contributed by atoms with van der Waals surface area (Å²) in [5, 5.41) is 10.9. The monoisotopic (exact) mass is 260 g/mol. The maximum Gasteiger partial charge on any atom is 0.145 e. The summed E-state index contributed by atoms with van der Waals surface area (Å²) in [6.07, 6.45) is -0.545. The van der Waals surface area contributed by atoms with E-state index in [0.29, 0.717) is 0 Å². The number of ether oxygens (including phenoxy) is 1. The summed E-state index contributed by atoms with van der Waals surface area (Å²) < 4.78 is 5.39. The number of aryl methyl sites for hydroxylation is 1. The molecule has 0 saturated heterocycles. The number of fused-ring (bicyclic) bond motifs is 1. The van der Waals surface area contributed by atoms with Gasteiger partial charge in [-0.25, -0.2) is 4.98 Å². The molecular formula is C15H20N2O2. The average molecular weight is 260 g/mol. The van der Waals surface area contributed by atoms with Gasteiger partial charge >= 0.3 is 0 Å². The van der Waals surface area contributed by atoms with Crippen LogP contribution in [0.15, 0.2) is 18.2 Å². The second kappa shape index (κ2) is 5.05. The maximum absolute atomic E-state index is 9.97. The zero-order chi connectivity index (χ0) is 14.2. The molecule has 0 amide bonds. The molecule has 0 aliphatic heterocycles. The first kappa shape index (κ1) is 13.6. The van der Waals surface area contributed by atoms with E-state index >= 15 is 0 Å². The van der Waals surface area contributed by atoms with E-state index < -0.39 is 6.10 Å². The number of aliphatic hydroxyl groups excluding tert-OH is 1. The van der Waals surface area contributed by atoms with Crippen molar-refractivity contribution in [3.05, 3.63) is 29.5 Å². The Balaban J connectivity index is 2.93. The van der Waals surface area contributed by atoms with Gasteiger partial charge in [0.2, 0.25) is 0 Å². The lowest BCUT2D eigenvalue weighted by Gasteiger charge is -2.20. The van der Waals surface area contributed by atoms with Crippen molar-refractivity contribution in [2.75, 3.05) is 26.1 Å². The fraction of sp³-hybridized carbons (Fsp3) is 0.400. The van der Waals surface area contributed by atoms with Gasteiger partial charge in [0.1, 0.15) is 11.3 Å². The van der Waals surface area contributed by atoms with Crippen LogP contribution in [0.25, 0.3) is 10.9 Å². The Hall–Kier alpha value is -1.81. The predicted molar refractivity (Wildman–Crippen MR) is 78.0 cm³/mol. The lowest BCUT2D eigenvalue weighted by Crippen LogP contribution is -2.11. The Morgan fingerprint density at radius 1 is 1.32 bits per heavy atom. The van der Waals surface area contributed by atoms with E-state index in [0.717, 1.165) is 33.6 Å². The first-order chi connectivity index (χ1) is 8.95. The minimum absolute atomic E-state index is 0.545. The van der Waals surface area contributed by atoms with Crippen LogP contribution in [-0.4, -0.2) is 31.3 Å². The van der Waals surface area contributed by atoms with E-state index in [1.807, 2.05) is 44.1 Å². The molecule has 0 saturated carbocycles. The zero-order valence-electron chi connectivity index (χ0n) is 12.1. The third kappa shape index (κ3) is 2.36. The molecule has 0 fully saturated rings.